The highest BCUT2D eigenvalue weighted by atomic mass is 79.9. The van der Waals surface area contributed by atoms with E-state index in [2.05, 4.69) is 15.9 Å². The molecule has 1 unspecified atom stereocenters. The zero-order valence-corrected chi connectivity index (χ0v) is 13.0. The van der Waals surface area contributed by atoms with Crippen molar-refractivity contribution in [1.29, 1.82) is 0 Å². The molecule has 0 aromatic heterocycles. The van der Waals surface area contributed by atoms with Gasteiger partial charge in [-0.3, -0.25) is 0 Å². The summed E-state index contributed by atoms with van der Waals surface area (Å²) < 4.78 is 28.2. The van der Waals surface area contributed by atoms with E-state index in [-0.39, 0.29) is 11.1 Å². The van der Waals surface area contributed by atoms with Crippen LogP contribution >= 0.6 is 39.1 Å². The summed E-state index contributed by atoms with van der Waals surface area (Å²) in [5.41, 5.74) is 1.15. The van der Waals surface area contributed by atoms with Crippen LogP contribution in [0.4, 0.5) is 8.78 Å². The zero-order chi connectivity index (χ0) is 14.2. The van der Waals surface area contributed by atoms with E-state index in [1.54, 1.807) is 19.1 Å². The molecule has 0 saturated carbocycles. The van der Waals surface area contributed by atoms with Crippen LogP contribution in [-0.2, 0) is 0 Å². The lowest BCUT2D eigenvalue weighted by atomic mass is 10.0. The molecule has 1 atom stereocenters. The highest BCUT2D eigenvalue weighted by molar-refractivity contribution is 9.10. The average Bonchev–Trinajstić information content (AvgIpc) is 2.33. The summed E-state index contributed by atoms with van der Waals surface area (Å²) >= 11 is 15.2. The van der Waals surface area contributed by atoms with Crippen molar-refractivity contribution < 1.29 is 8.78 Å². The van der Waals surface area contributed by atoms with Crippen LogP contribution in [0, 0.1) is 18.6 Å². The highest BCUT2D eigenvalue weighted by Crippen LogP contribution is 2.36. The molecule has 0 N–H and O–H groups in total. The van der Waals surface area contributed by atoms with Crippen LogP contribution in [-0.4, -0.2) is 0 Å². The number of rotatable bonds is 2. The van der Waals surface area contributed by atoms with E-state index >= 15 is 0 Å². The molecule has 0 aliphatic carbocycles. The molecular formula is C14H9BrCl2F2. The molecule has 2 aromatic rings. The monoisotopic (exact) mass is 364 g/mol. The third-order valence-corrected chi connectivity index (χ3v) is 4.41. The zero-order valence-electron chi connectivity index (χ0n) is 9.85. The number of aryl methyl sites for hydroxylation is 1. The molecule has 0 spiro atoms. The van der Waals surface area contributed by atoms with Crippen molar-refractivity contribution in [2.24, 2.45) is 0 Å². The fourth-order valence-corrected chi connectivity index (χ4v) is 2.57. The van der Waals surface area contributed by atoms with Gasteiger partial charge in [0.1, 0.15) is 11.6 Å². The van der Waals surface area contributed by atoms with Gasteiger partial charge < -0.3 is 0 Å². The SMILES string of the molecule is Cc1ccc(C(Cl)c2cc(Cl)c(Br)cc2F)c(F)c1. The van der Waals surface area contributed by atoms with Crippen molar-refractivity contribution in [3.63, 3.8) is 0 Å². The van der Waals surface area contributed by atoms with E-state index < -0.39 is 17.0 Å². The van der Waals surface area contributed by atoms with Crippen molar-refractivity contribution >= 4 is 39.1 Å². The van der Waals surface area contributed by atoms with E-state index in [9.17, 15) is 8.78 Å². The first-order valence-corrected chi connectivity index (χ1v) is 7.05. The van der Waals surface area contributed by atoms with Gasteiger partial charge >= 0.3 is 0 Å². The van der Waals surface area contributed by atoms with E-state index in [1.165, 1.54) is 18.2 Å². The smallest absolute Gasteiger partial charge is 0.129 e. The molecule has 0 saturated heterocycles. The molecule has 0 nitrogen and oxygen atoms in total. The average molecular weight is 366 g/mol. The number of benzene rings is 2. The predicted molar refractivity (Wildman–Crippen MR) is 77.9 cm³/mol. The van der Waals surface area contributed by atoms with Crippen LogP contribution in [0.5, 0.6) is 0 Å². The van der Waals surface area contributed by atoms with Crippen molar-refractivity contribution in [2.45, 2.75) is 12.3 Å². The van der Waals surface area contributed by atoms with Gasteiger partial charge in [0.05, 0.1) is 10.4 Å². The summed E-state index contributed by atoms with van der Waals surface area (Å²) in [4.78, 5) is 0. The van der Waals surface area contributed by atoms with E-state index in [1.807, 2.05) is 0 Å². The molecule has 5 heteroatoms. The van der Waals surface area contributed by atoms with Crippen LogP contribution in [0.1, 0.15) is 22.1 Å². The van der Waals surface area contributed by atoms with Gasteiger partial charge in [0.2, 0.25) is 0 Å². The number of hydrogen-bond donors (Lipinski definition) is 0. The molecule has 0 aliphatic rings. The molecule has 100 valence electrons. The minimum atomic E-state index is -0.925. The predicted octanol–water partition coefficient (Wildman–Crippen LogP) is 6.02. The van der Waals surface area contributed by atoms with Gasteiger partial charge in [0.25, 0.3) is 0 Å². The van der Waals surface area contributed by atoms with Gasteiger partial charge in [-0.2, -0.15) is 0 Å². The molecule has 0 amide bonds. The molecule has 0 fully saturated rings. The van der Waals surface area contributed by atoms with Crippen molar-refractivity contribution in [2.75, 3.05) is 0 Å². The highest BCUT2D eigenvalue weighted by Gasteiger charge is 2.20. The fourth-order valence-electron chi connectivity index (χ4n) is 1.74. The molecular weight excluding hydrogens is 357 g/mol. The second kappa shape index (κ2) is 5.78. The first kappa shape index (κ1) is 14.8. The normalized spacial score (nSPS) is 12.5. The first-order chi connectivity index (χ1) is 8.90. The maximum atomic E-state index is 13.9. The van der Waals surface area contributed by atoms with Crippen LogP contribution in [0.25, 0.3) is 0 Å². The Kier molecular flexibility index (Phi) is 4.49. The van der Waals surface area contributed by atoms with Crippen molar-refractivity contribution in [3.8, 4) is 0 Å². The topological polar surface area (TPSA) is 0 Å². The van der Waals surface area contributed by atoms with E-state index in [4.69, 9.17) is 23.2 Å². The van der Waals surface area contributed by atoms with Crippen molar-refractivity contribution in [1.82, 2.24) is 0 Å². The van der Waals surface area contributed by atoms with Crippen LogP contribution in [0.15, 0.2) is 34.8 Å². The minimum absolute atomic E-state index is 0.151. The second-order valence-electron chi connectivity index (χ2n) is 4.18. The Labute approximate surface area is 128 Å². The maximum Gasteiger partial charge on any atom is 0.129 e. The lowest BCUT2D eigenvalue weighted by Gasteiger charge is -2.14. The lowest BCUT2D eigenvalue weighted by molar-refractivity contribution is 0.595. The van der Waals surface area contributed by atoms with Gasteiger partial charge in [-0.15, -0.1) is 11.6 Å². The Balaban J connectivity index is 2.49. The van der Waals surface area contributed by atoms with Crippen LogP contribution < -0.4 is 0 Å². The summed E-state index contributed by atoms with van der Waals surface area (Å²) in [6.45, 7) is 1.77. The Morgan fingerprint density at radius 3 is 2.32 bits per heavy atom. The molecule has 0 heterocycles. The molecule has 0 radical (unpaired) electrons. The minimum Gasteiger partial charge on any atom is -0.207 e. The van der Waals surface area contributed by atoms with Gasteiger partial charge in [0, 0.05) is 15.6 Å². The number of halogens is 5. The Bertz CT molecular complexity index is 629. The Morgan fingerprint density at radius 1 is 1.05 bits per heavy atom. The molecule has 0 aliphatic heterocycles. The van der Waals surface area contributed by atoms with Gasteiger partial charge in [-0.25, -0.2) is 8.78 Å². The van der Waals surface area contributed by atoms with Gasteiger partial charge in [-0.1, -0.05) is 23.7 Å². The summed E-state index contributed by atoms with van der Waals surface area (Å²) in [7, 11) is 0. The number of alkyl halides is 1. The maximum absolute atomic E-state index is 13.9. The lowest BCUT2D eigenvalue weighted by Crippen LogP contribution is -2.00. The third-order valence-electron chi connectivity index (χ3n) is 2.74. The first-order valence-electron chi connectivity index (χ1n) is 5.44. The van der Waals surface area contributed by atoms with E-state index in [0.29, 0.717) is 9.50 Å². The van der Waals surface area contributed by atoms with Gasteiger partial charge in [0.15, 0.2) is 0 Å². The van der Waals surface area contributed by atoms with Crippen LogP contribution in [0.3, 0.4) is 0 Å². The van der Waals surface area contributed by atoms with Gasteiger partial charge in [-0.05, 0) is 46.6 Å². The largest absolute Gasteiger partial charge is 0.207 e. The quantitative estimate of drug-likeness (QED) is 0.451. The van der Waals surface area contributed by atoms with E-state index in [0.717, 1.165) is 5.56 Å². The molecule has 2 aromatic carbocycles. The Hall–Kier alpha value is -0.640. The second-order valence-corrected chi connectivity index (χ2v) is 5.87. The third kappa shape index (κ3) is 3.10. The fraction of sp³-hybridized carbons (Fsp3) is 0.143. The Morgan fingerprint density at radius 2 is 1.68 bits per heavy atom. The van der Waals surface area contributed by atoms with Crippen LogP contribution in [0.2, 0.25) is 5.02 Å². The summed E-state index contributed by atoms with van der Waals surface area (Å²) in [6, 6.07) is 7.27. The van der Waals surface area contributed by atoms with Crippen molar-refractivity contribution in [3.05, 3.63) is 68.2 Å². The summed E-state index contributed by atoms with van der Waals surface area (Å²) in [5.74, 6) is -0.991. The summed E-state index contributed by atoms with van der Waals surface area (Å²) in [5, 5.41) is -0.597. The molecule has 2 rings (SSSR count). The molecule has 0 bridgehead atoms. The molecule has 19 heavy (non-hydrogen) atoms. The number of hydrogen-bond acceptors (Lipinski definition) is 0. The summed E-state index contributed by atoms with van der Waals surface area (Å²) in [6.07, 6.45) is 0. The standard InChI is InChI=1S/C14H9BrCl2F2/c1-7-2-3-8(12(18)4-7)14(17)9-5-11(16)10(15)6-13(9)19/h2-6,14H,1H3.